The van der Waals surface area contributed by atoms with Crippen LogP contribution in [0.15, 0.2) is 68.8 Å². The molecule has 6 nitrogen and oxygen atoms in total. The van der Waals surface area contributed by atoms with Gasteiger partial charge in [0.05, 0.1) is 6.54 Å². The predicted molar refractivity (Wildman–Crippen MR) is 116 cm³/mol. The lowest BCUT2D eigenvalue weighted by atomic mass is 10.1. The Balaban J connectivity index is 1.68. The number of rotatable bonds is 7. The Hall–Kier alpha value is -3.06. The number of nitrogens with zero attached hydrogens (tertiary/aromatic N) is 3. The molecule has 3 aromatic heterocycles. The number of hydrogen-bond acceptors (Lipinski definition) is 6. The van der Waals surface area contributed by atoms with E-state index in [0.717, 1.165) is 22.5 Å². The monoisotopic (exact) mass is 421 g/mol. The van der Waals surface area contributed by atoms with Crippen LogP contribution in [-0.4, -0.2) is 26.8 Å². The summed E-state index contributed by atoms with van der Waals surface area (Å²) in [5.41, 5.74) is 1.55. The van der Waals surface area contributed by atoms with Crippen LogP contribution in [-0.2, 0) is 12.3 Å². The number of aromatic nitrogens is 2. The smallest absolute Gasteiger partial charge is 0.290 e. The average molecular weight is 422 g/mol. The zero-order valence-electron chi connectivity index (χ0n) is 17.2. The molecule has 0 unspecified atom stereocenters. The third-order valence-electron chi connectivity index (χ3n) is 4.79. The highest BCUT2D eigenvalue weighted by Crippen LogP contribution is 2.32. The van der Waals surface area contributed by atoms with Gasteiger partial charge in [-0.2, -0.15) is 0 Å². The molecule has 0 bridgehead atoms. The van der Waals surface area contributed by atoms with Crippen LogP contribution >= 0.6 is 11.8 Å². The van der Waals surface area contributed by atoms with Crippen molar-refractivity contribution in [2.45, 2.75) is 44.3 Å². The van der Waals surface area contributed by atoms with E-state index < -0.39 is 0 Å². The Morgan fingerprint density at radius 1 is 1.07 bits per heavy atom. The van der Waals surface area contributed by atoms with Crippen molar-refractivity contribution in [2.24, 2.45) is 0 Å². The first-order chi connectivity index (χ1) is 14.5. The Labute approximate surface area is 179 Å². The fourth-order valence-corrected chi connectivity index (χ4v) is 4.10. The number of hydrogen-bond donors (Lipinski definition) is 0. The summed E-state index contributed by atoms with van der Waals surface area (Å²) in [4.78, 5) is 23.9. The van der Waals surface area contributed by atoms with Gasteiger partial charge in [0, 0.05) is 35.1 Å². The summed E-state index contributed by atoms with van der Waals surface area (Å²) in [5.74, 6) is 2.31. The van der Waals surface area contributed by atoms with Crippen LogP contribution < -0.4 is 0 Å². The molecule has 1 amide bonds. The van der Waals surface area contributed by atoms with Crippen molar-refractivity contribution in [2.75, 3.05) is 0 Å². The number of benzene rings is 1. The number of aryl methyl sites for hydroxylation is 1. The molecule has 7 heteroatoms. The highest BCUT2D eigenvalue weighted by atomic mass is 32.2. The number of carbonyl (C=O) groups is 1. The van der Waals surface area contributed by atoms with Crippen LogP contribution in [0.5, 0.6) is 0 Å². The lowest BCUT2D eigenvalue weighted by molar-refractivity contribution is 0.0644. The van der Waals surface area contributed by atoms with E-state index in [1.54, 1.807) is 23.4 Å². The van der Waals surface area contributed by atoms with E-state index in [4.69, 9.17) is 8.83 Å². The van der Waals surface area contributed by atoms with Gasteiger partial charge in [0.15, 0.2) is 10.9 Å². The predicted octanol–water partition coefficient (Wildman–Crippen LogP) is 5.47. The highest BCUT2D eigenvalue weighted by molar-refractivity contribution is 7.98. The molecule has 0 radical (unpaired) electrons. The molecule has 154 valence electrons. The molecule has 0 aliphatic heterocycles. The number of amides is 1. The van der Waals surface area contributed by atoms with E-state index in [1.165, 1.54) is 11.8 Å². The highest BCUT2D eigenvalue weighted by Gasteiger charge is 2.27. The van der Waals surface area contributed by atoms with Crippen LogP contribution in [0, 0.1) is 6.92 Å². The first-order valence-corrected chi connectivity index (χ1v) is 10.8. The molecule has 1 aromatic carbocycles. The van der Waals surface area contributed by atoms with Crippen molar-refractivity contribution in [3.05, 3.63) is 77.7 Å². The van der Waals surface area contributed by atoms with Crippen LogP contribution in [0.1, 0.15) is 41.5 Å². The SMILES string of the molecule is Cc1ccc(CN(C(=O)c2oc3ccccc3c2CSc2ncccn2)C(C)C)o1. The minimum absolute atomic E-state index is 0.0194. The molecular weight excluding hydrogens is 398 g/mol. The largest absolute Gasteiger partial charge is 0.464 e. The topological polar surface area (TPSA) is 72.4 Å². The van der Waals surface area contributed by atoms with Gasteiger partial charge < -0.3 is 13.7 Å². The number of fused-ring (bicyclic) bond motifs is 1. The first-order valence-electron chi connectivity index (χ1n) is 9.79. The van der Waals surface area contributed by atoms with E-state index >= 15 is 0 Å². The number of furan rings is 2. The van der Waals surface area contributed by atoms with Gasteiger partial charge in [0.2, 0.25) is 0 Å². The molecule has 0 fully saturated rings. The average Bonchev–Trinajstić information content (AvgIpc) is 3.33. The maximum absolute atomic E-state index is 13.5. The normalized spacial score (nSPS) is 11.3. The molecule has 0 aliphatic carbocycles. The zero-order chi connectivity index (χ0) is 21.1. The molecule has 0 atom stereocenters. The van der Waals surface area contributed by atoms with Crippen molar-refractivity contribution < 1.29 is 13.6 Å². The molecule has 4 rings (SSSR count). The summed E-state index contributed by atoms with van der Waals surface area (Å²) in [6, 6.07) is 13.3. The minimum Gasteiger partial charge on any atom is -0.464 e. The summed E-state index contributed by atoms with van der Waals surface area (Å²) in [6.07, 6.45) is 3.42. The van der Waals surface area contributed by atoms with E-state index in [2.05, 4.69) is 9.97 Å². The maximum atomic E-state index is 13.5. The van der Waals surface area contributed by atoms with Gasteiger partial charge in [-0.3, -0.25) is 4.79 Å². The standard InChI is InChI=1S/C23H23N3O3S/c1-15(2)26(13-17-10-9-16(3)28-17)22(27)21-19(14-30-23-24-11-6-12-25-23)18-7-4-5-8-20(18)29-21/h4-12,15H,13-14H2,1-3H3. The van der Waals surface area contributed by atoms with Gasteiger partial charge in [0.1, 0.15) is 17.1 Å². The Morgan fingerprint density at radius 2 is 1.83 bits per heavy atom. The zero-order valence-corrected chi connectivity index (χ0v) is 18.0. The van der Waals surface area contributed by atoms with Crippen LogP contribution in [0.25, 0.3) is 11.0 Å². The Bertz CT molecular complexity index is 1150. The second kappa shape index (κ2) is 8.75. The third-order valence-corrected chi connectivity index (χ3v) is 5.69. The fraction of sp³-hybridized carbons (Fsp3) is 0.261. The van der Waals surface area contributed by atoms with Gasteiger partial charge in [0.25, 0.3) is 5.91 Å². The second-order valence-corrected chi connectivity index (χ2v) is 8.21. The molecular formula is C23H23N3O3S. The van der Waals surface area contributed by atoms with Crippen LogP contribution in [0.4, 0.5) is 0 Å². The maximum Gasteiger partial charge on any atom is 0.290 e. The Kier molecular flexibility index (Phi) is 5.90. The summed E-state index contributed by atoms with van der Waals surface area (Å²) >= 11 is 1.48. The van der Waals surface area contributed by atoms with Crippen molar-refractivity contribution >= 4 is 28.6 Å². The molecule has 4 aromatic rings. The molecule has 0 saturated carbocycles. The van der Waals surface area contributed by atoms with Gasteiger partial charge in [-0.05, 0) is 45.0 Å². The second-order valence-electron chi connectivity index (χ2n) is 7.27. The van der Waals surface area contributed by atoms with Gasteiger partial charge in [-0.1, -0.05) is 30.0 Å². The van der Waals surface area contributed by atoms with E-state index in [1.807, 2.05) is 57.2 Å². The van der Waals surface area contributed by atoms with Crippen molar-refractivity contribution in [1.29, 1.82) is 0 Å². The lowest BCUT2D eigenvalue weighted by Gasteiger charge is -2.25. The van der Waals surface area contributed by atoms with Crippen molar-refractivity contribution in [3.63, 3.8) is 0 Å². The quantitative estimate of drug-likeness (QED) is 0.291. The molecule has 3 heterocycles. The van der Waals surface area contributed by atoms with Crippen LogP contribution in [0.3, 0.4) is 0 Å². The summed E-state index contributed by atoms with van der Waals surface area (Å²) in [5, 5.41) is 1.59. The van der Waals surface area contributed by atoms with E-state index in [0.29, 0.717) is 28.8 Å². The van der Waals surface area contributed by atoms with Gasteiger partial charge in [-0.25, -0.2) is 9.97 Å². The molecule has 0 saturated heterocycles. The first kappa shape index (κ1) is 20.2. The summed E-state index contributed by atoms with van der Waals surface area (Å²) in [7, 11) is 0. The molecule has 0 aliphatic rings. The molecule has 30 heavy (non-hydrogen) atoms. The lowest BCUT2D eigenvalue weighted by Crippen LogP contribution is -2.36. The van der Waals surface area contributed by atoms with E-state index in [-0.39, 0.29) is 11.9 Å². The molecule has 0 spiro atoms. The van der Waals surface area contributed by atoms with Crippen LogP contribution in [0.2, 0.25) is 0 Å². The van der Waals surface area contributed by atoms with E-state index in [9.17, 15) is 4.79 Å². The van der Waals surface area contributed by atoms with Gasteiger partial charge in [-0.15, -0.1) is 0 Å². The molecule has 0 N–H and O–H groups in total. The fourth-order valence-electron chi connectivity index (χ4n) is 3.27. The van der Waals surface area contributed by atoms with Crippen molar-refractivity contribution in [1.82, 2.24) is 14.9 Å². The third kappa shape index (κ3) is 4.26. The summed E-state index contributed by atoms with van der Waals surface area (Å²) in [6.45, 7) is 6.26. The minimum atomic E-state index is -0.153. The number of thioether (sulfide) groups is 1. The number of carbonyl (C=O) groups excluding carboxylic acids is 1. The summed E-state index contributed by atoms with van der Waals surface area (Å²) < 4.78 is 11.7. The Morgan fingerprint density at radius 3 is 2.53 bits per heavy atom. The van der Waals surface area contributed by atoms with Gasteiger partial charge >= 0.3 is 0 Å². The van der Waals surface area contributed by atoms with Crippen molar-refractivity contribution in [3.8, 4) is 0 Å². The number of para-hydroxylation sites is 1.